The zero-order valence-electron chi connectivity index (χ0n) is 10.3. The van der Waals surface area contributed by atoms with Gasteiger partial charge in [-0.25, -0.2) is 0 Å². The van der Waals surface area contributed by atoms with Crippen LogP contribution < -0.4 is 0 Å². The topological polar surface area (TPSA) is 32.7 Å². The number of hydrogen-bond acceptors (Lipinski definition) is 3. The third kappa shape index (κ3) is 4.49. The van der Waals surface area contributed by atoms with Crippen LogP contribution in [0, 0.1) is 5.92 Å². The molecular weight excluding hydrogens is 190 g/mol. The van der Waals surface area contributed by atoms with Crippen LogP contribution in [0.25, 0.3) is 0 Å². The summed E-state index contributed by atoms with van der Waals surface area (Å²) in [5.41, 5.74) is 0. The lowest BCUT2D eigenvalue weighted by molar-refractivity contribution is 0.0385. The van der Waals surface area contributed by atoms with E-state index in [2.05, 4.69) is 25.7 Å². The zero-order chi connectivity index (χ0) is 11.3. The number of likely N-dealkylation sites (N-methyl/N-ethyl adjacent to an activating group) is 1. The van der Waals surface area contributed by atoms with Gasteiger partial charge in [0.15, 0.2) is 0 Å². The van der Waals surface area contributed by atoms with E-state index in [9.17, 15) is 5.11 Å². The van der Waals surface area contributed by atoms with Crippen LogP contribution in [0.1, 0.15) is 33.6 Å². The number of ether oxygens (including phenoxy) is 1. The number of aliphatic hydroxyl groups excluding tert-OH is 1. The van der Waals surface area contributed by atoms with Crippen LogP contribution in [-0.4, -0.2) is 48.5 Å². The summed E-state index contributed by atoms with van der Waals surface area (Å²) in [6.45, 7) is 9.91. The molecule has 1 heterocycles. The minimum Gasteiger partial charge on any atom is -0.392 e. The first-order chi connectivity index (χ1) is 7.13. The Labute approximate surface area is 93.4 Å². The molecule has 0 aromatic carbocycles. The van der Waals surface area contributed by atoms with Gasteiger partial charge in [0.05, 0.1) is 12.2 Å². The van der Waals surface area contributed by atoms with Gasteiger partial charge >= 0.3 is 0 Å². The Morgan fingerprint density at radius 2 is 2.20 bits per heavy atom. The predicted octanol–water partition coefficient (Wildman–Crippen LogP) is 1.50. The van der Waals surface area contributed by atoms with Gasteiger partial charge in [-0.3, -0.25) is 4.90 Å². The van der Waals surface area contributed by atoms with E-state index in [-0.39, 0.29) is 6.10 Å². The van der Waals surface area contributed by atoms with E-state index >= 15 is 0 Å². The van der Waals surface area contributed by atoms with Crippen molar-refractivity contribution in [2.75, 3.05) is 26.2 Å². The smallest absolute Gasteiger partial charge is 0.0702 e. The fraction of sp³-hybridized carbons (Fsp3) is 1.00. The normalized spacial score (nSPS) is 24.0. The molecule has 1 saturated heterocycles. The molecular formula is C12H25NO2. The average molecular weight is 215 g/mol. The van der Waals surface area contributed by atoms with Crippen LogP contribution in [0.15, 0.2) is 0 Å². The van der Waals surface area contributed by atoms with Gasteiger partial charge in [-0.15, -0.1) is 0 Å². The molecule has 1 fully saturated rings. The van der Waals surface area contributed by atoms with E-state index in [0.717, 1.165) is 26.2 Å². The second kappa shape index (κ2) is 6.46. The van der Waals surface area contributed by atoms with E-state index in [4.69, 9.17) is 4.74 Å². The fourth-order valence-electron chi connectivity index (χ4n) is 1.88. The Morgan fingerprint density at radius 3 is 2.67 bits per heavy atom. The maximum absolute atomic E-state index is 9.82. The molecule has 3 nitrogen and oxygen atoms in total. The van der Waals surface area contributed by atoms with Crippen molar-refractivity contribution >= 4 is 0 Å². The van der Waals surface area contributed by atoms with Gasteiger partial charge in [0.2, 0.25) is 0 Å². The molecule has 1 rings (SSSR count). The van der Waals surface area contributed by atoms with Crippen molar-refractivity contribution in [1.29, 1.82) is 0 Å². The Balaban J connectivity index is 2.28. The van der Waals surface area contributed by atoms with Crippen LogP contribution in [0.4, 0.5) is 0 Å². The molecule has 0 amide bonds. The zero-order valence-corrected chi connectivity index (χ0v) is 10.3. The van der Waals surface area contributed by atoms with Crippen LogP contribution >= 0.6 is 0 Å². The SMILES string of the molecule is CCN(CC1CCCO1)CC(O)C(C)C. The highest BCUT2D eigenvalue weighted by Gasteiger charge is 2.20. The molecule has 0 radical (unpaired) electrons. The maximum atomic E-state index is 9.82. The van der Waals surface area contributed by atoms with Crippen molar-refractivity contribution in [1.82, 2.24) is 4.90 Å². The molecule has 1 aliphatic rings. The second-order valence-corrected chi connectivity index (χ2v) is 4.80. The molecule has 2 atom stereocenters. The molecule has 90 valence electrons. The lowest BCUT2D eigenvalue weighted by atomic mass is 10.1. The van der Waals surface area contributed by atoms with Crippen LogP contribution in [0.5, 0.6) is 0 Å². The van der Waals surface area contributed by atoms with Crippen LogP contribution in [0.2, 0.25) is 0 Å². The molecule has 0 saturated carbocycles. The Hall–Kier alpha value is -0.120. The Morgan fingerprint density at radius 1 is 1.47 bits per heavy atom. The molecule has 0 spiro atoms. The van der Waals surface area contributed by atoms with Gasteiger partial charge in [-0.05, 0) is 25.3 Å². The molecule has 0 bridgehead atoms. The summed E-state index contributed by atoms with van der Waals surface area (Å²) in [5.74, 6) is 0.337. The summed E-state index contributed by atoms with van der Waals surface area (Å²) in [6, 6.07) is 0. The van der Waals surface area contributed by atoms with Gasteiger partial charge in [-0.2, -0.15) is 0 Å². The molecule has 2 unspecified atom stereocenters. The molecule has 0 aromatic rings. The second-order valence-electron chi connectivity index (χ2n) is 4.80. The first-order valence-corrected chi connectivity index (χ1v) is 6.15. The monoisotopic (exact) mass is 215 g/mol. The van der Waals surface area contributed by atoms with Crippen molar-refractivity contribution in [3.8, 4) is 0 Å². The number of hydrogen-bond donors (Lipinski definition) is 1. The number of nitrogens with zero attached hydrogens (tertiary/aromatic N) is 1. The highest BCUT2D eigenvalue weighted by atomic mass is 16.5. The van der Waals surface area contributed by atoms with Gasteiger partial charge in [0.1, 0.15) is 0 Å². The third-order valence-corrected chi connectivity index (χ3v) is 3.15. The first-order valence-electron chi connectivity index (χ1n) is 6.15. The highest BCUT2D eigenvalue weighted by Crippen LogP contribution is 2.14. The van der Waals surface area contributed by atoms with Gasteiger partial charge in [0, 0.05) is 19.7 Å². The van der Waals surface area contributed by atoms with Crippen molar-refractivity contribution in [3.05, 3.63) is 0 Å². The number of rotatable bonds is 6. The van der Waals surface area contributed by atoms with Crippen molar-refractivity contribution in [2.24, 2.45) is 5.92 Å². The van der Waals surface area contributed by atoms with Crippen molar-refractivity contribution < 1.29 is 9.84 Å². The van der Waals surface area contributed by atoms with Gasteiger partial charge in [0.25, 0.3) is 0 Å². The molecule has 0 aromatic heterocycles. The van der Waals surface area contributed by atoms with E-state index < -0.39 is 0 Å². The van der Waals surface area contributed by atoms with Crippen LogP contribution in [0.3, 0.4) is 0 Å². The molecule has 0 aliphatic carbocycles. The standard InChI is InChI=1S/C12H25NO2/c1-4-13(9-12(14)10(2)3)8-11-6-5-7-15-11/h10-12,14H,4-9H2,1-3H3. The predicted molar refractivity (Wildman–Crippen MR) is 61.9 cm³/mol. The summed E-state index contributed by atoms with van der Waals surface area (Å²) >= 11 is 0. The van der Waals surface area contributed by atoms with Crippen molar-refractivity contribution in [2.45, 2.75) is 45.8 Å². The molecule has 1 aliphatic heterocycles. The maximum Gasteiger partial charge on any atom is 0.0702 e. The third-order valence-electron chi connectivity index (χ3n) is 3.15. The summed E-state index contributed by atoms with van der Waals surface area (Å²) in [6.07, 6.45) is 2.54. The lowest BCUT2D eigenvalue weighted by Crippen LogP contribution is -2.39. The lowest BCUT2D eigenvalue weighted by Gasteiger charge is -2.27. The summed E-state index contributed by atoms with van der Waals surface area (Å²) < 4.78 is 5.60. The molecule has 3 heteroatoms. The summed E-state index contributed by atoms with van der Waals surface area (Å²) in [5, 5.41) is 9.82. The van der Waals surface area contributed by atoms with Crippen LogP contribution in [-0.2, 0) is 4.74 Å². The summed E-state index contributed by atoms with van der Waals surface area (Å²) in [7, 11) is 0. The molecule has 15 heavy (non-hydrogen) atoms. The van der Waals surface area contributed by atoms with E-state index in [1.165, 1.54) is 12.8 Å². The van der Waals surface area contributed by atoms with E-state index in [1.54, 1.807) is 0 Å². The van der Waals surface area contributed by atoms with Crippen molar-refractivity contribution in [3.63, 3.8) is 0 Å². The highest BCUT2D eigenvalue weighted by molar-refractivity contribution is 4.73. The minimum absolute atomic E-state index is 0.216. The Kier molecular flexibility index (Phi) is 5.58. The molecule has 1 N–H and O–H groups in total. The van der Waals surface area contributed by atoms with Gasteiger partial charge < -0.3 is 9.84 Å². The number of aliphatic hydroxyl groups is 1. The van der Waals surface area contributed by atoms with E-state index in [1.807, 2.05) is 0 Å². The van der Waals surface area contributed by atoms with E-state index in [0.29, 0.717) is 12.0 Å². The van der Waals surface area contributed by atoms with Gasteiger partial charge in [-0.1, -0.05) is 20.8 Å². The quantitative estimate of drug-likeness (QED) is 0.729. The Bertz CT molecular complexity index is 163. The summed E-state index contributed by atoms with van der Waals surface area (Å²) in [4.78, 5) is 2.29. The fourth-order valence-corrected chi connectivity index (χ4v) is 1.88. The average Bonchev–Trinajstić information content (AvgIpc) is 2.69. The first kappa shape index (κ1) is 12.9. The minimum atomic E-state index is -0.216. The largest absolute Gasteiger partial charge is 0.392 e.